The van der Waals surface area contributed by atoms with Gasteiger partial charge in [0.1, 0.15) is 6.17 Å². The predicted molar refractivity (Wildman–Crippen MR) is 120 cm³/mol. The maximum absolute atomic E-state index is 13.6. The minimum atomic E-state index is -3.52. The molecular formula is C24H30N2O4S. The molecule has 3 rings (SSSR count). The van der Waals surface area contributed by atoms with Gasteiger partial charge in [-0.3, -0.25) is 9.59 Å². The molecule has 2 aromatic carbocycles. The van der Waals surface area contributed by atoms with E-state index in [9.17, 15) is 18.0 Å². The molecule has 0 aromatic heterocycles. The molecule has 1 saturated heterocycles. The first kappa shape index (κ1) is 23.0. The van der Waals surface area contributed by atoms with Crippen LogP contribution in [0.4, 0.5) is 0 Å². The van der Waals surface area contributed by atoms with Crippen molar-refractivity contribution in [1.29, 1.82) is 0 Å². The minimum absolute atomic E-state index is 0.0841. The maximum atomic E-state index is 13.6. The summed E-state index contributed by atoms with van der Waals surface area (Å²) in [4.78, 5) is 29.9. The molecule has 2 atom stereocenters. The topological polar surface area (TPSA) is 74.8 Å². The van der Waals surface area contributed by atoms with Gasteiger partial charge in [0.25, 0.3) is 5.91 Å². The van der Waals surface area contributed by atoms with Gasteiger partial charge in [0.15, 0.2) is 9.84 Å². The van der Waals surface area contributed by atoms with Crippen LogP contribution in [0.1, 0.15) is 44.0 Å². The number of sulfone groups is 1. The van der Waals surface area contributed by atoms with Gasteiger partial charge in [-0.1, -0.05) is 57.2 Å². The summed E-state index contributed by atoms with van der Waals surface area (Å²) in [6.45, 7) is 5.95. The van der Waals surface area contributed by atoms with Crippen LogP contribution in [0.3, 0.4) is 0 Å². The molecule has 7 heteroatoms. The SMILES string of the molecule is CN1C(=O)C[C@H](CCS(=O)(=O)c2ccccc2)N(C(=O)c2ccccc2)[C@H]1C(C)(C)C. The Labute approximate surface area is 184 Å². The second-order valence-electron chi connectivity index (χ2n) is 9.10. The van der Waals surface area contributed by atoms with E-state index in [1.54, 1.807) is 71.4 Å². The smallest absolute Gasteiger partial charge is 0.255 e. The first-order valence-corrected chi connectivity index (χ1v) is 12.1. The molecule has 0 N–H and O–H groups in total. The Bertz CT molecular complexity index is 1030. The highest BCUT2D eigenvalue weighted by Gasteiger charge is 2.46. The number of carbonyl (C=O) groups is 2. The lowest BCUT2D eigenvalue weighted by molar-refractivity contribution is -0.150. The van der Waals surface area contributed by atoms with Crippen LogP contribution < -0.4 is 0 Å². The number of amides is 2. The Morgan fingerprint density at radius 3 is 2.10 bits per heavy atom. The predicted octanol–water partition coefficient (Wildman–Crippen LogP) is 3.60. The molecule has 0 unspecified atom stereocenters. The van der Waals surface area contributed by atoms with Crippen molar-refractivity contribution in [2.75, 3.05) is 12.8 Å². The molecule has 31 heavy (non-hydrogen) atoms. The third-order valence-electron chi connectivity index (χ3n) is 5.68. The van der Waals surface area contributed by atoms with Gasteiger partial charge in [0.05, 0.1) is 10.6 Å². The largest absolute Gasteiger partial charge is 0.325 e. The quantitative estimate of drug-likeness (QED) is 0.709. The summed E-state index contributed by atoms with van der Waals surface area (Å²) in [6, 6.07) is 16.7. The number of hydrogen-bond acceptors (Lipinski definition) is 4. The van der Waals surface area contributed by atoms with Gasteiger partial charge in [-0.15, -0.1) is 0 Å². The fourth-order valence-corrected chi connectivity index (χ4v) is 5.64. The van der Waals surface area contributed by atoms with Crippen LogP contribution >= 0.6 is 0 Å². The summed E-state index contributed by atoms with van der Waals surface area (Å²) >= 11 is 0. The van der Waals surface area contributed by atoms with Gasteiger partial charge in [-0.2, -0.15) is 0 Å². The van der Waals surface area contributed by atoms with Gasteiger partial charge >= 0.3 is 0 Å². The molecule has 6 nitrogen and oxygen atoms in total. The van der Waals surface area contributed by atoms with E-state index in [0.717, 1.165) is 0 Å². The van der Waals surface area contributed by atoms with Crippen LogP contribution in [0.2, 0.25) is 0 Å². The first-order valence-electron chi connectivity index (χ1n) is 10.4. The Morgan fingerprint density at radius 2 is 1.55 bits per heavy atom. The fraction of sp³-hybridized carbons (Fsp3) is 0.417. The van der Waals surface area contributed by atoms with Crippen LogP contribution in [0.15, 0.2) is 65.6 Å². The molecular weight excluding hydrogens is 412 g/mol. The second kappa shape index (κ2) is 8.83. The van der Waals surface area contributed by atoms with Crippen LogP contribution in [0.5, 0.6) is 0 Å². The van der Waals surface area contributed by atoms with Crippen molar-refractivity contribution in [2.45, 2.75) is 50.7 Å². The van der Waals surface area contributed by atoms with E-state index in [-0.39, 0.29) is 35.3 Å². The summed E-state index contributed by atoms with van der Waals surface area (Å²) in [5.41, 5.74) is 0.113. The highest BCUT2D eigenvalue weighted by Crippen LogP contribution is 2.35. The van der Waals surface area contributed by atoms with E-state index in [0.29, 0.717) is 5.56 Å². The third-order valence-corrected chi connectivity index (χ3v) is 7.44. The zero-order valence-corrected chi connectivity index (χ0v) is 19.3. The van der Waals surface area contributed by atoms with Crippen molar-refractivity contribution in [3.05, 3.63) is 66.2 Å². The molecule has 0 radical (unpaired) electrons. The summed E-state index contributed by atoms with van der Waals surface area (Å²) < 4.78 is 25.7. The summed E-state index contributed by atoms with van der Waals surface area (Å²) in [6.07, 6.45) is -0.181. The standard InChI is InChI=1S/C24H30N2O4S/c1-24(2,3)23-25(4)21(27)17-19(26(23)22(28)18-11-7-5-8-12-18)15-16-31(29,30)20-13-9-6-10-14-20/h5-14,19,23H,15-17H2,1-4H3/t19-,23-/m0/s1. The van der Waals surface area contributed by atoms with Crippen LogP contribution in [-0.2, 0) is 14.6 Å². The summed E-state index contributed by atoms with van der Waals surface area (Å²) in [5.74, 6) is -0.408. The lowest BCUT2D eigenvalue weighted by Crippen LogP contribution is -2.65. The summed E-state index contributed by atoms with van der Waals surface area (Å²) in [7, 11) is -1.81. The molecule has 0 spiro atoms. The average molecular weight is 443 g/mol. The highest BCUT2D eigenvalue weighted by atomic mass is 32.2. The Morgan fingerprint density at radius 1 is 1.00 bits per heavy atom. The van der Waals surface area contributed by atoms with Crippen LogP contribution in [-0.4, -0.2) is 55.0 Å². The second-order valence-corrected chi connectivity index (χ2v) is 11.2. The Balaban J connectivity index is 1.95. The van der Waals surface area contributed by atoms with Crippen molar-refractivity contribution >= 4 is 21.7 Å². The van der Waals surface area contributed by atoms with Crippen molar-refractivity contribution in [3.63, 3.8) is 0 Å². The monoisotopic (exact) mass is 442 g/mol. The molecule has 2 aromatic rings. The number of nitrogens with zero attached hydrogens (tertiary/aromatic N) is 2. The number of carbonyl (C=O) groups excluding carboxylic acids is 2. The molecule has 0 saturated carbocycles. The number of rotatable bonds is 5. The summed E-state index contributed by atoms with van der Waals surface area (Å²) in [5, 5.41) is 0. The van der Waals surface area contributed by atoms with Gasteiger partial charge in [-0.25, -0.2) is 8.42 Å². The maximum Gasteiger partial charge on any atom is 0.255 e. The Kier molecular flexibility index (Phi) is 6.55. The van der Waals surface area contributed by atoms with E-state index in [1.807, 2.05) is 26.8 Å². The van der Waals surface area contributed by atoms with Crippen LogP contribution in [0.25, 0.3) is 0 Å². The normalized spacial score (nSPS) is 20.1. The minimum Gasteiger partial charge on any atom is -0.325 e. The average Bonchev–Trinajstić information content (AvgIpc) is 2.74. The van der Waals surface area contributed by atoms with Gasteiger partial charge in [-0.05, 0) is 30.7 Å². The lowest BCUT2D eigenvalue weighted by atomic mass is 9.86. The van der Waals surface area contributed by atoms with Crippen molar-refractivity contribution in [3.8, 4) is 0 Å². The van der Waals surface area contributed by atoms with Gasteiger partial charge < -0.3 is 9.80 Å². The van der Waals surface area contributed by atoms with Crippen molar-refractivity contribution in [1.82, 2.24) is 9.80 Å². The molecule has 166 valence electrons. The lowest BCUT2D eigenvalue weighted by Gasteiger charge is -2.52. The van der Waals surface area contributed by atoms with Crippen LogP contribution in [0, 0.1) is 5.41 Å². The molecule has 2 amide bonds. The number of benzene rings is 2. The van der Waals surface area contributed by atoms with E-state index in [1.165, 1.54) is 0 Å². The fourth-order valence-electron chi connectivity index (χ4n) is 4.25. The molecule has 1 fully saturated rings. The van der Waals surface area contributed by atoms with Crippen molar-refractivity contribution < 1.29 is 18.0 Å². The van der Waals surface area contributed by atoms with Crippen molar-refractivity contribution in [2.24, 2.45) is 5.41 Å². The first-order chi connectivity index (χ1) is 14.5. The molecule has 1 aliphatic heterocycles. The third kappa shape index (κ3) is 4.98. The van der Waals surface area contributed by atoms with E-state index in [4.69, 9.17) is 0 Å². The zero-order valence-electron chi connectivity index (χ0n) is 18.5. The zero-order chi connectivity index (χ0) is 22.8. The van der Waals surface area contributed by atoms with E-state index >= 15 is 0 Å². The van der Waals surface area contributed by atoms with E-state index in [2.05, 4.69) is 0 Å². The van der Waals surface area contributed by atoms with Gasteiger partial charge in [0.2, 0.25) is 5.91 Å². The van der Waals surface area contributed by atoms with E-state index < -0.39 is 27.5 Å². The number of hydrogen-bond donors (Lipinski definition) is 0. The highest BCUT2D eigenvalue weighted by molar-refractivity contribution is 7.91. The molecule has 0 aliphatic carbocycles. The molecule has 1 aliphatic rings. The molecule has 0 bridgehead atoms. The Hall–Kier alpha value is -2.67. The van der Waals surface area contributed by atoms with Gasteiger partial charge in [0, 0.05) is 30.5 Å². The molecule has 1 heterocycles.